The average molecular weight is 704 g/mol. The van der Waals surface area contributed by atoms with Gasteiger partial charge in [-0.25, -0.2) is 14.6 Å². The number of rotatable bonds is 10. The lowest BCUT2D eigenvalue weighted by Gasteiger charge is -2.50. The Labute approximate surface area is 280 Å². The number of alkyl halides is 3. The standard InChI is InChI=1S/C31H37ClF3N9O3Si/c1-42-26-25(32)22(47-21-11-19-15-38-43(28(19)37-16-21)18-46-9-10-48(2,3)4)17-36-27(26)40-29(42)39-24-12-23(31(33,34)35)44(41-24)20-13-30(14-20)5-7-45-8-6-30/h11-12,15-17,20H,5-10,13-14,18H2,1-4H3,(H,36,39,40,41). The number of aromatic nitrogens is 8. The van der Waals surface area contributed by atoms with Crippen molar-refractivity contribution in [1.29, 1.82) is 0 Å². The topological polar surface area (TPSA) is 119 Å². The molecule has 2 fully saturated rings. The van der Waals surface area contributed by atoms with Crippen LogP contribution in [0.15, 0.2) is 30.7 Å². The van der Waals surface area contributed by atoms with E-state index >= 15 is 0 Å². The Kier molecular flexibility index (Phi) is 8.41. The van der Waals surface area contributed by atoms with E-state index in [2.05, 4.69) is 50.1 Å². The predicted octanol–water partition coefficient (Wildman–Crippen LogP) is 7.56. The van der Waals surface area contributed by atoms with Crippen molar-refractivity contribution in [2.75, 3.05) is 25.1 Å². The molecule has 256 valence electrons. The Hall–Kier alpha value is -3.73. The molecule has 5 aromatic rings. The summed E-state index contributed by atoms with van der Waals surface area (Å²) in [6, 6.07) is 3.54. The number of nitrogens with zero attached hydrogens (tertiary/aromatic N) is 8. The summed E-state index contributed by atoms with van der Waals surface area (Å²) in [6.07, 6.45) is 3.16. The van der Waals surface area contributed by atoms with Crippen molar-refractivity contribution >= 4 is 53.6 Å². The van der Waals surface area contributed by atoms with Crippen LogP contribution >= 0.6 is 11.6 Å². The molecule has 17 heteroatoms. The van der Waals surface area contributed by atoms with Gasteiger partial charge in [-0.15, -0.1) is 0 Å². The first-order chi connectivity index (χ1) is 22.8. The molecule has 1 aliphatic carbocycles. The maximum absolute atomic E-state index is 14.1. The fraction of sp³-hybridized carbons (Fsp3) is 0.516. The van der Waals surface area contributed by atoms with Gasteiger partial charge in [0.25, 0.3) is 0 Å². The minimum absolute atomic E-state index is 0.0302. The largest absolute Gasteiger partial charge is 0.452 e. The number of halogens is 4. The van der Waals surface area contributed by atoms with E-state index in [9.17, 15) is 13.2 Å². The van der Waals surface area contributed by atoms with Crippen LogP contribution in [-0.2, 0) is 29.4 Å². The number of anilines is 2. The quantitative estimate of drug-likeness (QED) is 0.116. The number of hydrogen-bond donors (Lipinski definition) is 1. The summed E-state index contributed by atoms with van der Waals surface area (Å²) in [4.78, 5) is 13.4. The molecule has 0 atom stereocenters. The van der Waals surface area contributed by atoms with E-state index in [0.29, 0.717) is 56.3 Å². The SMILES string of the molecule is Cn1c(Nc2cc(C(F)(F)F)n(C3CC4(CCOCC4)C3)n2)nc2ncc(Oc3cnc4c(cnn4COCC[Si](C)(C)C)c3)c(Cl)c21. The second kappa shape index (κ2) is 12.3. The smallest absolute Gasteiger partial charge is 0.433 e. The minimum Gasteiger partial charge on any atom is -0.452 e. The first-order valence-electron chi connectivity index (χ1n) is 15.9. The zero-order chi connectivity index (χ0) is 33.8. The van der Waals surface area contributed by atoms with Crippen molar-refractivity contribution in [3.05, 3.63) is 41.4 Å². The maximum atomic E-state index is 14.1. The van der Waals surface area contributed by atoms with Gasteiger partial charge in [-0.3, -0.25) is 4.68 Å². The van der Waals surface area contributed by atoms with Crippen LogP contribution < -0.4 is 10.1 Å². The molecule has 48 heavy (non-hydrogen) atoms. The summed E-state index contributed by atoms with van der Waals surface area (Å²) < 4.78 is 64.0. The lowest BCUT2D eigenvalue weighted by atomic mass is 9.61. The predicted molar refractivity (Wildman–Crippen MR) is 176 cm³/mol. The van der Waals surface area contributed by atoms with Crippen molar-refractivity contribution in [3.63, 3.8) is 0 Å². The number of ether oxygens (including phenoxy) is 3. The summed E-state index contributed by atoms with van der Waals surface area (Å²) in [5, 5.41) is 12.7. The fourth-order valence-electron chi connectivity index (χ4n) is 6.44. The van der Waals surface area contributed by atoms with Gasteiger partial charge in [0.2, 0.25) is 5.95 Å². The van der Waals surface area contributed by atoms with Gasteiger partial charge in [0.1, 0.15) is 28.7 Å². The molecule has 0 unspecified atom stereocenters. The van der Waals surface area contributed by atoms with E-state index in [0.717, 1.165) is 35.0 Å². The van der Waals surface area contributed by atoms with Crippen LogP contribution in [0.3, 0.4) is 0 Å². The number of nitrogens with one attached hydrogen (secondary N) is 1. The summed E-state index contributed by atoms with van der Waals surface area (Å²) in [6.45, 7) is 9.18. The van der Waals surface area contributed by atoms with Gasteiger partial charge in [-0.1, -0.05) is 31.2 Å². The molecule has 1 aliphatic heterocycles. The number of fused-ring (bicyclic) bond motifs is 2. The first-order valence-corrected chi connectivity index (χ1v) is 20.0. The molecule has 6 heterocycles. The molecule has 0 radical (unpaired) electrons. The number of pyridine rings is 2. The zero-order valence-corrected chi connectivity index (χ0v) is 28.9. The monoisotopic (exact) mass is 703 g/mol. The van der Waals surface area contributed by atoms with Crippen LogP contribution in [0.1, 0.15) is 37.4 Å². The lowest BCUT2D eigenvalue weighted by Crippen LogP contribution is -2.43. The molecule has 2 aliphatic rings. The van der Waals surface area contributed by atoms with Crippen molar-refractivity contribution in [2.24, 2.45) is 12.5 Å². The highest BCUT2D eigenvalue weighted by Crippen LogP contribution is 2.55. The number of aryl methyl sites for hydroxylation is 1. The Morgan fingerprint density at radius 3 is 2.60 bits per heavy atom. The van der Waals surface area contributed by atoms with Gasteiger partial charge in [-0.2, -0.15) is 28.4 Å². The van der Waals surface area contributed by atoms with Crippen molar-refractivity contribution < 1.29 is 27.4 Å². The molecule has 1 N–H and O–H groups in total. The molecule has 5 aromatic heterocycles. The third-order valence-corrected chi connectivity index (χ3v) is 11.3. The van der Waals surface area contributed by atoms with Crippen molar-refractivity contribution in [3.8, 4) is 11.5 Å². The Morgan fingerprint density at radius 1 is 1.10 bits per heavy atom. The van der Waals surface area contributed by atoms with Gasteiger partial charge in [-0.05, 0) is 43.2 Å². The van der Waals surface area contributed by atoms with Crippen LogP contribution in [0.25, 0.3) is 22.2 Å². The summed E-state index contributed by atoms with van der Waals surface area (Å²) in [5.41, 5.74) is 0.625. The molecule has 12 nitrogen and oxygen atoms in total. The van der Waals surface area contributed by atoms with Crippen LogP contribution in [0.2, 0.25) is 30.7 Å². The number of imidazole rings is 1. The molecule has 1 saturated heterocycles. The lowest BCUT2D eigenvalue weighted by molar-refractivity contribution is -0.148. The molecule has 0 amide bonds. The fourth-order valence-corrected chi connectivity index (χ4v) is 7.49. The van der Waals surface area contributed by atoms with Crippen LogP contribution in [0, 0.1) is 5.41 Å². The molecule has 0 bridgehead atoms. The maximum Gasteiger partial charge on any atom is 0.433 e. The molecule has 1 saturated carbocycles. The average Bonchev–Trinajstić information content (AvgIpc) is 3.71. The van der Waals surface area contributed by atoms with Crippen LogP contribution in [0.4, 0.5) is 24.9 Å². The van der Waals surface area contributed by atoms with E-state index in [-0.39, 0.29) is 39.6 Å². The highest BCUT2D eigenvalue weighted by molar-refractivity contribution is 6.76. The first kappa shape index (κ1) is 32.8. The highest BCUT2D eigenvalue weighted by Gasteiger charge is 2.49. The van der Waals surface area contributed by atoms with Gasteiger partial charge < -0.3 is 24.1 Å². The van der Waals surface area contributed by atoms with Gasteiger partial charge in [0.05, 0.1) is 24.6 Å². The third kappa shape index (κ3) is 6.50. The second-order valence-electron chi connectivity index (χ2n) is 13.9. The molecular weight excluding hydrogens is 667 g/mol. The van der Waals surface area contributed by atoms with E-state index in [1.54, 1.807) is 34.8 Å². The Morgan fingerprint density at radius 2 is 1.88 bits per heavy atom. The summed E-state index contributed by atoms with van der Waals surface area (Å²) in [7, 11) is 0.493. The van der Waals surface area contributed by atoms with Crippen LogP contribution in [-0.4, -0.2) is 67.0 Å². The molecular formula is C31H37ClF3N9O3Si. The van der Waals surface area contributed by atoms with Gasteiger partial charge in [0, 0.05) is 46.4 Å². The van der Waals surface area contributed by atoms with Gasteiger partial charge in [0.15, 0.2) is 22.9 Å². The van der Waals surface area contributed by atoms with E-state index in [1.165, 1.54) is 6.20 Å². The third-order valence-electron chi connectivity index (χ3n) is 9.20. The Balaban J connectivity index is 1.08. The van der Waals surface area contributed by atoms with Crippen LogP contribution in [0.5, 0.6) is 11.5 Å². The zero-order valence-electron chi connectivity index (χ0n) is 27.1. The van der Waals surface area contributed by atoms with Crippen molar-refractivity contribution in [1.82, 2.24) is 39.1 Å². The normalized spacial score (nSPS) is 17.0. The molecule has 7 rings (SSSR count). The van der Waals surface area contributed by atoms with Gasteiger partial charge >= 0.3 is 6.18 Å². The molecule has 0 aromatic carbocycles. The Bertz CT molecular complexity index is 1960. The van der Waals surface area contributed by atoms with E-state index < -0.39 is 19.9 Å². The van der Waals surface area contributed by atoms with E-state index in [4.69, 9.17) is 25.8 Å². The summed E-state index contributed by atoms with van der Waals surface area (Å²) in [5.74, 6) is 0.946. The second-order valence-corrected chi connectivity index (χ2v) is 19.9. The minimum atomic E-state index is -4.56. The van der Waals surface area contributed by atoms with E-state index in [1.807, 2.05) is 0 Å². The molecule has 1 spiro atoms. The highest BCUT2D eigenvalue weighted by atomic mass is 35.5. The van der Waals surface area contributed by atoms with Crippen molar-refractivity contribution in [2.45, 2.75) is 70.3 Å². The number of hydrogen-bond acceptors (Lipinski definition) is 9. The summed E-state index contributed by atoms with van der Waals surface area (Å²) >= 11 is 6.78.